The normalized spacial score (nSPS) is 13.2. The molecule has 0 saturated carbocycles. The van der Waals surface area contributed by atoms with Crippen LogP contribution in [0.2, 0.25) is 5.02 Å². The van der Waals surface area contributed by atoms with Crippen molar-refractivity contribution >= 4 is 34.8 Å². The Morgan fingerprint density at radius 3 is 2.65 bits per heavy atom. The second kappa shape index (κ2) is 6.89. The number of aromatic nitrogens is 3. The first kappa shape index (κ1) is 16.7. The Kier molecular flexibility index (Phi) is 4.44. The summed E-state index contributed by atoms with van der Waals surface area (Å²) in [6.45, 7) is 0. The highest BCUT2D eigenvalue weighted by molar-refractivity contribution is 7.99. The number of benzene rings is 2. The van der Waals surface area contributed by atoms with Gasteiger partial charge in [-0.3, -0.25) is 10.1 Å². The van der Waals surface area contributed by atoms with E-state index in [2.05, 4.69) is 15.3 Å². The van der Waals surface area contributed by atoms with Crippen LogP contribution in [-0.4, -0.2) is 31.3 Å². The largest absolute Gasteiger partial charge is 0.269 e. The van der Waals surface area contributed by atoms with E-state index in [0.717, 1.165) is 22.0 Å². The van der Waals surface area contributed by atoms with Crippen LogP contribution < -0.4 is 0 Å². The van der Waals surface area contributed by atoms with Crippen molar-refractivity contribution in [3.8, 4) is 0 Å². The number of nitro groups is 1. The van der Waals surface area contributed by atoms with Gasteiger partial charge in [-0.1, -0.05) is 41.6 Å². The number of hydrogen-bond donors (Lipinski definition) is 0. The predicted octanol–water partition coefficient (Wildman–Crippen LogP) is 3.79. The molecular formula is C17H12ClN5O2S. The van der Waals surface area contributed by atoms with E-state index in [1.807, 2.05) is 24.3 Å². The number of thioether (sulfide) groups is 1. The van der Waals surface area contributed by atoms with Gasteiger partial charge in [-0.15, -0.1) is 10.2 Å². The monoisotopic (exact) mass is 385 g/mol. The minimum absolute atomic E-state index is 0.0576. The van der Waals surface area contributed by atoms with E-state index in [9.17, 15) is 10.1 Å². The summed E-state index contributed by atoms with van der Waals surface area (Å²) >= 11 is 7.77. The first-order chi connectivity index (χ1) is 12.6. The van der Waals surface area contributed by atoms with Gasteiger partial charge >= 0.3 is 0 Å². The van der Waals surface area contributed by atoms with Gasteiger partial charge in [-0.2, -0.15) is 9.78 Å². The van der Waals surface area contributed by atoms with Gasteiger partial charge in [0.25, 0.3) is 5.69 Å². The Balaban J connectivity index is 1.66. The van der Waals surface area contributed by atoms with Crippen molar-refractivity contribution < 1.29 is 4.92 Å². The number of nitrogens with zero attached hydrogens (tertiary/aromatic N) is 5. The minimum atomic E-state index is -0.416. The summed E-state index contributed by atoms with van der Waals surface area (Å²) in [5.74, 6) is 1.32. The molecule has 2 aromatic carbocycles. The third-order valence-corrected chi connectivity index (χ3v) is 5.25. The highest BCUT2D eigenvalue weighted by atomic mass is 35.5. The Bertz CT molecular complexity index is 1020. The first-order valence-electron chi connectivity index (χ1n) is 7.75. The van der Waals surface area contributed by atoms with Gasteiger partial charge in [0, 0.05) is 29.3 Å². The lowest BCUT2D eigenvalue weighted by Crippen LogP contribution is -2.14. The van der Waals surface area contributed by atoms with Crippen molar-refractivity contribution in [3.63, 3.8) is 0 Å². The second-order valence-electron chi connectivity index (χ2n) is 5.62. The van der Waals surface area contributed by atoms with Gasteiger partial charge in [0.2, 0.25) is 5.16 Å². The molecule has 0 spiro atoms. The van der Waals surface area contributed by atoms with Crippen LogP contribution in [0.4, 0.5) is 5.69 Å². The van der Waals surface area contributed by atoms with Crippen molar-refractivity contribution in [2.45, 2.75) is 11.6 Å². The lowest BCUT2D eigenvalue weighted by molar-refractivity contribution is -0.384. The topological polar surface area (TPSA) is 86.2 Å². The van der Waals surface area contributed by atoms with Crippen molar-refractivity contribution in [1.82, 2.24) is 14.9 Å². The smallest absolute Gasteiger partial charge is 0.258 e. The average molecular weight is 386 g/mol. The molecule has 4 rings (SSSR count). The molecule has 0 unspecified atom stereocenters. The van der Waals surface area contributed by atoms with Crippen LogP contribution in [0, 0.1) is 10.1 Å². The van der Waals surface area contributed by atoms with E-state index in [1.54, 1.807) is 16.8 Å². The maximum absolute atomic E-state index is 10.8. The number of fused-ring (bicyclic) bond motifs is 1. The summed E-state index contributed by atoms with van der Waals surface area (Å²) < 4.78 is 1.72. The van der Waals surface area contributed by atoms with E-state index in [1.165, 1.54) is 23.9 Å². The maximum atomic E-state index is 10.8. The summed E-state index contributed by atoms with van der Waals surface area (Å²) in [7, 11) is 0. The number of non-ortho nitro benzene ring substituents is 1. The van der Waals surface area contributed by atoms with Crippen LogP contribution in [0.25, 0.3) is 0 Å². The molecule has 3 aromatic rings. The molecule has 0 saturated heterocycles. The highest BCUT2D eigenvalue weighted by Crippen LogP contribution is 2.26. The summed E-state index contributed by atoms with van der Waals surface area (Å²) in [5, 5.41) is 25.3. The van der Waals surface area contributed by atoms with E-state index >= 15 is 0 Å². The molecule has 0 aliphatic carbocycles. The van der Waals surface area contributed by atoms with Gasteiger partial charge in [0.05, 0.1) is 10.6 Å². The lowest BCUT2D eigenvalue weighted by atomic mass is 10.1. The fraction of sp³-hybridized carbons (Fsp3) is 0.118. The molecule has 0 amide bonds. The molecule has 7 nitrogen and oxygen atoms in total. The first-order valence-corrected chi connectivity index (χ1v) is 9.11. The van der Waals surface area contributed by atoms with E-state index in [4.69, 9.17) is 11.6 Å². The van der Waals surface area contributed by atoms with Gasteiger partial charge in [0.1, 0.15) is 0 Å². The number of nitro benzene ring substituents is 1. The minimum Gasteiger partial charge on any atom is -0.258 e. The van der Waals surface area contributed by atoms with Crippen LogP contribution in [0.3, 0.4) is 0 Å². The molecule has 1 aliphatic rings. The summed E-state index contributed by atoms with van der Waals surface area (Å²) in [4.78, 5) is 10.4. The zero-order chi connectivity index (χ0) is 18.1. The van der Waals surface area contributed by atoms with E-state index in [-0.39, 0.29) is 5.69 Å². The molecule has 0 fully saturated rings. The fourth-order valence-corrected chi connectivity index (χ4v) is 3.67. The lowest BCUT2D eigenvalue weighted by Gasteiger charge is -2.14. The quantitative estimate of drug-likeness (QED) is 0.503. The van der Waals surface area contributed by atoms with Gasteiger partial charge in [-0.25, -0.2) is 0 Å². The van der Waals surface area contributed by atoms with Crippen molar-refractivity contribution in [2.24, 2.45) is 5.10 Å². The number of rotatable bonds is 4. The van der Waals surface area contributed by atoms with Gasteiger partial charge < -0.3 is 0 Å². The summed E-state index contributed by atoms with van der Waals surface area (Å²) in [6.07, 6.45) is 0.518. The van der Waals surface area contributed by atoms with Crippen LogP contribution in [-0.2, 0) is 6.42 Å². The van der Waals surface area contributed by atoms with E-state index in [0.29, 0.717) is 23.0 Å². The summed E-state index contributed by atoms with van der Waals surface area (Å²) in [6, 6.07) is 14.0. The van der Waals surface area contributed by atoms with E-state index < -0.39 is 4.92 Å². The Labute approximate surface area is 157 Å². The third kappa shape index (κ3) is 3.21. The zero-order valence-corrected chi connectivity index (χ0v) is 14.9. The standard InChI is InChI=1S/C17H12ClN5O2S/c18-14-4-2-1-3-12(14)9-16-19-20-17-22(16)21-15(10-26-17)11-5-7-13(8-6-11)23(24)25/h1-8H,9-10H2. The van der Waals surface area contributed by atoms with Crippen LogP contribution >= 0.6 is 23.4 Å². The van der Waals surface area contributed by atoms with Crippen LogP contribution in [0.15, 0.2) is 58.8 Å². The molecule has 1 aliphatic heterocycles. The van der Waals surface area contributed by atoms with Crippen molar-refractivity contribution in [2.75, 3.05) is 5.75 Å². The van der Waals surface area contributed by atoms with Gasteiger partial charge in [0.15, 0.2) is 5.82 Å². The molecule has 0 bridgehead atoms. The Morgan fingerprint density at radius 1 is 1.15 bits per heavy atom. The Hall–Kier alpha value is -2.71. The molecule has 26 heavy (non-hydrogen) atoms. The zero-order valence-electron chi connectivity index (χ0n) is 13.4. The fourth-order valence-electron chi connectivity index (χ4n) is 2.61. The SMILES string of the molecule is O=[N+]([O-])c1ccc(C2=Nn3c(Cc4ccccc4Cl)nnc3SC2)cc1. The third-order valence-electron chi connectivity index (χ3n) is 3.95. The molecule has 0 atom stereocenters. The molecule has 130 valence electrons. The Morgan fingerprint density at radius 2 is 1.92 bits per heavy atom. The van der Waals surface area contributed by atoms with Crippen LogP contribution in [0.5, 0.6) is 0 Å². The molecule has 0 N–H and O–H groups in total. The van der Waals surface area contributed by atoms with Gasteiger partial charge in [-0.05, 0) is 29.3 Å². The number of hydrogen-bond acceptors (Lipinski definition) is 6. The van der Waals surface area contributed by atoms with Crippen LogP contribution in [0.1, 0.15) is 17.0 Å². The van der Waals surface area contributed by atoms with Crippen molar-refractivity contribution in [1.29, 1.82) is 0 Å². The molecular weight excluding hydrogens is 374 g/mol. The molecule has 2 heterocycles. The maximum Gasteiger partial charge on any atom is 0.269 e. The molecule has 9 heteroatoms. The summed E-state index contributed by atoms with van der Waals surface area (Å²) in [5.41, 5.74) is 2.66. The van der Waals surface area contributed by atoms with Crippen molar-refractivity contribution in [3.05, 3.63) is 80.6 Å². The molecule has 0 radical (unpaired) electrons. The second-order valence-corrected chi connectivity index (χ2v) is 6.97. The number of halogens is 1. The predicted molar refractivity (Wildman–Crippen MR) is 100 cm³/mol. The molecule has 1 aromatic heterocycles. The highest BCUT2D eigenvalue weighted by Gasteiger charge is 2.20. The average Bonchev–Trinajstić information content (AvgIpc) is 3.06.